The Morgan fingerprint density at radius 2 is 2.31 bits per heavy atom. The number of rotatable bonds is 0. The third kappa shape index (κ3) is 1.18. The van der Waals surface area contributed by atoms with E-state index >= 15 is 0 Å². The number of hydrogen-bond acceptors (Lipinski definition) is 2. The van der Waals surface area contributed by atoms with E-state index in [1.807, 2.05) is 17.9 Å². The first-order valence-electron chi connectivity index (χ1n) is 4.79. The summed E-state index contributed by atoms with van der Waals surface area (Å²) < 4.78 is 1.92. The molecule has 2 N–H and O–H groups in total. The summed E-state index contributed by atoms with van der Waals surface area (Å²) in [5.41, 5.74) is 8.96. The molecule has 0 bridgehead atoms. The van der Waals surface area contributed by atoms with Crippen LogP contribution in [0.2, 0.25) is 0 Å². The molecule has 3 heteroatoms. The van der Waals surface area contributed by atoms with Crippen molar-refractivity contribution in [2.75, 3.05) is 0 Å². The standard InChI is InChI=1S/C10H17N3/c1-10(2)5-4-7-6-12-13(3)8(7)9(10)11/h6,9H,4-5,11H2,1-3H3. The second-order valence-electron chi connectivity index (χ2n) is 4.64. The highest BCUT2D eigenvalue weighted by Crippen LogP contribution is 2.41. The van der Waals surface area contributed by atoms with Crippen molar-refractivity contribution in [2.24, 2.45) is 18.2 Å². The maximum atomic E-state index is 6.21. The Morgan fingerprint density at radius 3 is 3.00 bits per heavy atom. The molecule has 1 aliphatic carbocycles. The Kier molecular flexibility index (Phi) is 1.74. The van der Waals surface area contributed by atoms with Crippen LogP contribution in [0, 0.1) is 5.41 Å². The maximum Gasteiger partial charge on any atom is 0.0585 e. The van der Waals surface area contributed by atoms with Gasteiger partial charge in [-0.3, -0.25) is 4.68 Å². The molecule has 1 aliphatic rings. The van der Waals surface area contributed by atoms with Gasteiger partial charge in [-0.25, -0.2) is 0 Å². The third-order valence-corrected chi connectivity index (χ3v) is 3.24. The molecule has 1 aromatic rings. The lowest BCUT2D eigenvalue weighted by Crippen LogP contribution is -2.35. The zero-order valence-corrected chi connectivity index (χ0v) is 8.54. The first-order chi connectivity index (χ1) is 6.02. The van der Waals surface area contributed by atoms with Gasteiger partial charge in [0.15, 0.2) is 0 Å². The van der Waals surface area contributed by atoms with Crippen LogP contribution in [0.3, 0.4) is 0 Å². The van der Waals surface area contributed by atoms with E-state index in [1.54, 1.807) is 0 Å². The van der Waals surface area contributed by atoms with Crippen molar-refractivity contribution in [3.8, 4) is 0 Å². The highest BCUT2D eigenvalue weighted by Gasteiger charge is 2.35. The van der Waals surface area contributed by atoms with Crippen molar-refractivity contribution < 1.29 is 0 Å². The fourth-order valence-corrected chi connectivity index (χ4v) is 2.07. The van der Waals surface area contributed by atoms with Crippen molar-refractivity contribution in [2.45, 2.75) is 32.7 Å². The molecule has 3 nitrogen and oxygen atoms in total. The molecule has 13 heavy (non-hydrogen) atoms. The van der Waals surface area contributed by atoms with Gasteiger partial charge in [0, 0.05) is 7.05 Å². The van der Waals surface area contributed by atoms with Gasteiger partial charge in [-0.2, -0.15) is 5.10 Å². The number of nitrogens with zero attached hydrogens (tertiary/aromatic N) is 2. The molecule has 0 fully saturated rings. The molecular weight excluding hydrogens is 162 g/mol. The van der Waals surface area contributed by atoms with E-state index in [4.69, 9.17) is 5.73 Å². The molecule has 2 rings (SSSR count). The number of fused-ring (bicyclic) bond motifs is 1. The van der Waals surface area contributed by atoms with Crippen LogP contribution in [-0.4, -0.2) is 9.78 Å². The molecule has 0 aromatic carbocycles. The Hall–Kier alpha value is -0.830. The monoisotopic (exact) mass is 179 g/mol. The topological polar surface area (TPSA) is 43.8 Å². The SMILES string of the molecule is Cn1ncc2c1C(N)C(C)(C)CC2. The average molecular weight is 179 g/mol. The second kappa shape index (κ2) is 2.58. The van der Waals surface area contributed by atoms with Gasteiger partial charge in [0.1, 0.15) is 0 Å². The van der Waals surface area contributed by atoms with Crippen LogP contribution in [0.4, 0.5) is 0 Å². The minimum Gasteiger partial charge on any atom is -0.322 e. The van der Waals surface area contributed by atoms with Gasteiger partial charge in [-0.15, -0.1) is 0 Å². The van der Waals surface area contributed by atoms with Crippen LogP contribution < -0.4 is 5.73 Å². The Balaban J connectivity index is 2.49. The van der Waals surface area contributed by atoms with Crippen LogP contribution in [0.25, 0.3) is 0 Å². The van der Waals surface area contributed by atoms with Crippen LogP contribution >= 0.6 is 0 Å². The summed E-state index contributed by atoms with van der Waals surface area (Å²) in [5.74, 6) is 0. The molecule has 0 spiro atoms. The molecular formula is C10H17N3. The van der Waals surface area contributed by atoms with E-state index in [0.29, 0.717) is 0 Å². The smallest absolute Gasteiger partial charge is 0.0585 e. The van der Waals surface area contributed by atoms with Crippen molar-refractivity contribution in [1.29, 1.82) is 0 Å². The summed E-state index contributed by atoms with van der Waals surface area (Å²) in [7, 11) is 1.97. The van der Waals surface area contributed by atoms with Crippen LogP contribution in [-0.2, 0) is 13.5 Å². The largest absolute Gasteiger partial charge is 0.322 e. The zero-order chi connectivity index (χ0) is 9.64. The van der Waals surface area contributed by atoms with E-state index in [0.717, 1.165) is 12.8 Å². The molecule has 1 unspecified atom stereocenters. The van der Waals surface area contributed by atoms with Gasteiger partial charge >= 0.3 is 0 Å². The fraction of sp³-hybridized carbons (Fsp3) is 0.700. The zero-order valence-electron chi connectivity index (χ0n) is 8.54. The van der Waals surface area contributed by atoms with Crippen LogP contribution in [0.5, 0.6) is 0 Å². The molecule has 0 amide bonds. The molecule has 0 saturated carbocycles. The Morgan fingerprint density at radius 1 is 1.62 bits per heavy atom. The van der Waals surface area contributed by atoms with Gasteiger partial charge in [-0.05, 0) is 23.8 Å². The summed E-state index contributed by atoms with van der Waals surface area (Å²) in [5, 5.41) is 4.25. The van der Waals surface area contributed by atoms with Gasteiger partial charge in [0.25, 0.3) is 0 Å². The van der Waals surface area contributed by atoms with E-state index < -0.39 is 0 Å². The summed E-state index contributed by atoms with van der Waals surface area (Å²) in [6.45, 7) is 4.46. The summed E-state index contributed by atoms with van der Waals surface area (Å²) in [6.07, 6.45) is 4.22. The van der Waals surface area contributed by atoms with Gasteiger partial charge in [-0.1, -0.05) is 13.8 Å². The summed E-state index contributed by atoms with van der Waals surface area (Å²) in [4.78, 5) is 0. The predicted molar refractivity (Wildman–Crippen MR) is 52.2 cm³/mol. The van der Waals surface area contributed by atoms with Gasteiger partial charge < -0.3 is 5.73 Å². The normalized spacial score (nSPS) is 25.7. The maximum absolute atomic E-state index is 6.21. The van der Waals surface area contributed by atoms with E-state index in [1.165, 1.54) is 11.3 Å². The quantitative estimate of drug-likeness (QED) is 0.654. The third-order valence-electron chi connectivity index (χ3n) is 3.24. The lowest BCUT2D eigenvalue weighted by molar-refractivity contribution is 0.240. The summed E-state index contributed by atoms with van der Waals surface area (Å²) in [6, 6.07) is 0.128. The van der Waals surface area contributed by atoms with E-state index in [9.17, 15) is 0 Å². The average Bonchev–Trinajstić information content (AvgIpc) is 2.41. The van der Waals surface area contributed by atoms with Crippen LogP contribution in [0.1, 0.15) is 37.6 Å². The van der Waals surface area contributed by atoms with Crippen molar-refractivity contribution >= 4 is 0 Å². The molecule has 0 aliphatic heterocycles. The highest BCUT2D eigenvalue weighted by molar-refractivity contribution is 5.26. The number of aryl methyl sites for hydroxylation is 2. The van der Waals surface area contributed by atoms with Crippen molar-refractivity contribution in [3.05, 3.63) is 17.5 Å². The first kappa shape index (κ1) is 8.75. The number of aromatic nitrogens is 2. The molecule has 1 atom stereocenters. The minimum atomic E-state index is 0.128. The van der Waals surface area contributed by atoms with Gasteiger partial charge in [0.05, 0.1) is 17.9 Å². The van der Waals surface area contributed by atoms with E-state index in [-0.39, 0.29) is 11.5 Å². The van der Waals surface area contributed by atoms with Gasteiger partial charge in [0.2, 0.25) is 0 Å². The number of hydrogen-bond donors (Lipinski definition) is 1. The Labute approximate surface area is 78.9 Å². The van der Waals surface area contributed by atoms with Crippen LogP contribution in [0.15, 0.2) is 6.20 Å². The molecule has 0 saturated heterocycles. The highest BCUT2D eigenvalue weighted by atomic mass is 15.3. The lowest BCUT2D eigenvalue weighted by atomic mass is 9.73. The first-order valence-corrected chi connectivity index (χ1v) is 4.79. The minimum absolute atomic E-state index is 0.128. The van der Waals surface area contributed by atoms with Crippen molar-refractivity contribution in [3.63, 3.8) is 0 Å². The lowest BCUT2D eigenvalue weighted by Gasteiger charge is -2.36. The molecule has 0 radical (unpaired) electrons. The predicted octanol–water partition coefficient (Wildman–Crippen LogP) is 1.39. The number of nitrogens with two attached hydrogens (primary N) is 1. The molecule has 1 heterocycles. The van der Waals surface area contributed by atoms with Crippen molar-refractivity contribution in [1.82, 2.24) is 9.78 Å². The fourth-order valence-electron chi connectivity index (χ4n) is 2.07. The molecule has 1 aromatic heterocycles. The summed E-state index contributed by atoms with van der Waals surface area (Å²) >= 11 is 0. The second-order valence-corrected chi connectivity index (χ2v) is 4.64. The molecule has 72 valence electrons. The van der Waals surface area contributed by atoms with E-state index in [2.05, 4.69) is 18.9 Å². The Bertz CT molecular complexity index is 325.